The van der Waals surface area contributed by atoms with Crippen LogP contribution in [0.5, 0.6) is 0 Å². The van der Waals surface area contributed by atoms with Gasteiger partial charge in [-0.2, -0.15) is 0 Å². The van der Waals surface area contributed by atoms with E-state index in [1.807, 2.05) is 0 Å². The van der Waals surface area contributed by atoms with Crippen LogP contribution in [-0.2, 0) is 9.84 Å². The molecule has 3 nitrogen and oxygen atoms in total. The third-order valence-electron chi connectivity index (χ3n) is 4.99. The van der Waals surface area contributed by atoms with Crippen molar-refractivity contribution < 1.29 is 8.42 Å². The van der Waals surface area contributed by atoms with Gasteiger partial charge in [-0.25, -0.2) is 8.42 Å². The van der Waals surface area contributed by atoms with Gasteiger partial charge in [-0.3, -0.25) is 0 Å². The highest BCUT2D eigenvalue weighted by Gasteiger charge is 2.66. The molecule has 1 unspecified atom stereocenters. The van der Waals surface area contributed by atoms with E-state index < -0.39 is 9.84 Å². The molecule has 0 aromatic rings. The Kier molecular flexibility index (Phi) is 4.54. The van der Waals surface area contributed by atoms with Crippen LogP contribution in [0, 0.1) is 16.7 Å². The van der Waals surface area contributed by atoms with Gasteiger partial charge in [0.15, 0.2) is 0 Å². The Morgan fingerprint density at radius 2 is 1.67 bits per heavy atom. The summed E-state index contributed by atoms with van der Waals surface area (Å²) in [4.78, 5) is 0. The van der Waals surface area contributed by atoms with E-state index in [4.69, 9.17) is 0 Å². The van der Waals surface area contributed by atoms with Crippen molar-refractivity contribution in [1.82, 2.24) is 5.32 Å². The molecule has 1 rings (SSSR count). The number of hydrogen-bond donors (Lipinski definition) is 1. The molecule has 0 amide bonds. The second-order valence-corrected chi connectivity index (χ2v) is 9.16. The van der Waals surface area contributed by atoms with Crippen LogP contribution >= 0.6 is 0 Å². The number of nitrogens with one attached hydrogen (secondary N) is 1. The molecule has 18 heavy (non-hydrogen) atoms. The van der Waals surface area contributed by atoms with Crippen molar-refractivity contribution in [3.05, 3.63) is 0 Å². The lowest BCUT2D eigenvalue weighted by Crippen LogP contribution is -2.35. The van der Waals surface area contributed by atoms with E-state index in [9.17, 15) is 8.42 Å². The monoisotopic (exact) mass is 275 g/mol. The lowest BCUT2D eigenvalue weighted by Gasteiger charge is -2.20. The summed E-state index contributed by atoms with van der Waals surface area (Å²) in [6, 6.07) is 0.324. The maximum atomic E-state index is 11.3. The van der Waals surface area contributed by atoms with E-state index in [0.29, 0.717) is 22.8 Å². The standard InChI is InChI=1S/C14H29NO2S/c1-7-9-15-11(8-10-18(6,16)17)12-13(2,3)14(12,4)5/h11-12,15H,7-10H2,1-6H3. The molecule has 0 radical (unpaired) electrons. The predicted molar refractivity (Wildman–Crippen MR) is 77.5 cm³/mol. The van der Waals surface area contributed by atoms with E-state index in [0.717, 1.165) is 19.4 Å². The van der Waals surface area contributed by atoms with Gasteiger partial charge in [0.2, 0.25) is 0 Å². The second-order valence-electron chi connectivity index (χ2n) is 6.90. The molecule has 1 aliphatic rings. The third kappa shape index (κ3) is 3.27. The fraction of sp³-hybridized carbons (Fsp3) is 1.00. The highest BCUT2D eigenvalue weighted by molar-refractivity contribution is 7.90. The minimum Gasteiger partial charge on any atom is -0.314 e. The van der Waals surface area contributed by atoms with E-state index in [1.165, 1.54) is 6.26 Å². The normalized spacial score (nSPS) is 23.9. The molecule has 0 aromatic carbocycles. The van der Waals surface area contributed by atoms with Crippen LogP contribution in [0.15, 0.2) is 0 Å². The van der Waals surface area contributed by atoms with Gasteiger partial charge in [-0.1, -0.05) is 34.6 Å². The molecule has 0 aromatic heterocycles. The first-order valence-corrected chi connectivity index (χ1v) is 9.01. The van der Waals surface area contributed by atoms with Crippen molar-refractivity contribution >= 4 is 9.84 Å². The average molecular weight is 275 g/mol. The van der Waals surface area contributed by atoms with Crippen LogP contribution in [0.3, 0.4) is 0 Å². The Morgan fingerprint density at radius 1 is 1.17 bits per heavy atom. The third-order valence-corrected chi connectivity index (χ3v) is 5.97. The first-order chi connectivity index (χ1) is 8.04. The summed E-state index contributed by atoms with van der Waals surface area (Å²) in [5.74, 6) is 0.857. The predicted octanol–water partition coefficient (Wildman–Crippen LogP) is 2.47. The summed E-state index contributed by atoms with van der Waals surface area (Å²) in [5, 5.41) is 3.55. The quantitative estimate of drug-likeness (QED) is 0.776. The number of sulfone groups is 1. The van der Waals surface area contributed by atoms with Gasteiger partial charge in [0.05, 0.1) is 5.75 Å². The van der Waals surface area contributed by atoms with E-state index in [2.05, 4.69) is 39.9 Å². The zero-order chi connectivity index (χ0) is 14.2. The SMILES string of the molecule is CCCNC(CCS(C)(=O)=O)C1C(C)(C)C1(C)C. The Bertz CT molecular complexity index is 371. The smallest absolute Gasteiger partial charge is 0.147 e. The van der Waals surface area contributed by atoms with Crippen molar-refractivity contribution in [2.24, 2.45) is 16.7 Å². The molecular weight excluding hydrogens is 246 g/mol. The lowest BCUT2D eigenvalue weighted by molar-refractivity contribution is 0.388. The van der Waals surface area contributed by atoms with Crippen molar-refractivity contribution in [1.29, 1.82) is 0 Å². The lowest BCUT2D eigenvalue weighted by atomic mass is 10.0. The van der Waals surface area contributed by atoms with Gasteiger partial charge in [0.25, 0.3) is 0 Å². The van der Waals surface area contributed by atoms with Gasteiger partial charge in [-0.15, -0.1) is 0 Å². The Balaban J connectivity index is 2.69. The van der Waals surface area contributed by atoms with Crippen LogP contribution in [0.4, 0.5) is 0 Å². The van der Waals surface area contributed by atoms with E-state index in [-0.39, 0.29) is 5.75 Å². The maximum absolute atomic E-state index is 11.3. The molecule has 1 aliphatic carbocycles. The Labute approximate surface area is 113 Å². The average Bonchev–Trinajstić information content (AvgIpc) is 2.58. The molecule has 0 aliphatic heterocycles. The molecule has 0 saturated heterocycles. The van der Waals surface area contributed by atoms with Crippen molar-refractivity contribution in [3.63, 3.8) is 0 Å². The van der Waals surface area contributed by atoms with Crippen molar-refractivity contribution in [2.75, 3.05) is 18.6 Å². The van der Waals surface area contributed by atoms with Crippen molar-refractivity contribution in [3.8, 4) is 0 Å². The Morgan fingerprint density at radius 3 is 2.00 bits per heavy atom. The summed E-state index contributed by atoms with van der Waals surface area (Å²) in [6.45, 7) is 12.3. The molecule has 0 heterocycles. The summed E-state index contributed by atoms with van der Waals surface area (Å²) in [6.07, 6.45) is 3.15. The molecule has 0 bridgehead atoms. The van der Waals surface area contributed by atoms with Crippen molar-refractivity contribution in [2.45, 2.75) is 53.5 Å². The highest BCUT2D eigenvalue weighted by Crippen LogP contribution is 2.69. The molecule has 1 saturated carbocycles. The van der Waals surface area contributed by atoms with E-state index in [1.54, 1.807) is 0 Å². The van der Waals surface area contributed by atoms with Gasteiger partial charge in [0.1, 0.15) is 9.84 Å². The first-order valence-electron chi connectivity index (χ1n) is 6.95. The van der Waals surface area contributed by atoms with Crippen LogP contribution < -0.4 is 5.32 Å². The number of hydrogen-bond acceptors (Lipinski definition) is 3. The minimum absolute atomic E-state index is 0.289. The molecule has 1 atom stereocenters. The van der Waals surface area contributed by atoms with Crippen LogP contribution in [-0.4, -0.2) is 33.0 Å². The topological polar surface area (TPSA) is 46.2 Å². The highest BCUT2D eigenvalue weighted by atomic mass is 32.2. The largest absolute Gasteiger partial charge is 0.314 e. The van der Waals surface area contributed by atoms with E-state index >= 15 is 0 Å². The minimum atomic E-state index is -2.86. The molecule has 1 fully saturated rings. The van der Waals surface area contributed by atoms with Gasteiger partial charge in [-0.05, 0) is 36.1 Å². The van der Waals surface area contributed by atoms with Crippen LogP contribution in [0.25, 0.3) is 0 Å². The van der Waals surface area contributed by atoms with Crippen LogP contribution in [0.1, 0.15) is 47.5 Å². The summed E-state index contributed by atoms with van der Waals surface area (Å²) < 4.78 is 22.7. The number of rotatable bonds is 7. The summed E-state index contributed by atoms with van der Waals surface area (Å²) in [7, 11) is -2.86. The fourth-order valence-corrected chi connectivity index (χ4v) is 3.99. The molecule has 1 N–H and O–H groups in total. The van der Waals surface area contributed by atoms with Gasteiger partial charge >= 0.3 is 0 Å². The fourth-order valence-electron chi connectivity index (χ4n) is 3.31. The molecule has 0 spiro atoms. The molecule has 108 valence electrons. The summed E-state index contributed by atoms with van der Waals surface area (Å²) >= 11 is 0. The Hall–Kier alpha value is -0.0900. The van der Waals surface area contributed by atoms with Crippen LogP contribution in [0.2, 0.25) is 0 Å². The summed E-state index contributed by atoms with van der Waals surface area (Å²) in [5.41, 5.74) is 0.603. The molecule has 4 heteroatoms. The first kappa shape index (κ1) is 16.0. The van der Waals surface area contributed by atoms with Gasteiger partial charge < -0.3 is 5.32 Å². The second kappa shape index (κ2) is 5.12. The zero-order valence-corrected chi connectivity index (χ0v) is 13.5. The maximum Gasteiger partial charge on any atom is 0.147 e. The zero-order valence-electron chi connectivity index (χ0n) is 12.7. The molecular formula is C14H29NO2S. The van der Waals surface area contributed by atoms with Gasteiger partial charge in [0, 0.05) is 12.3 Å².